The Labute approximate surface area is 116 Å². The van der Waals surface area contributed by atoms with Crippen LogP contribution >= 0.6 is 0 Å². The standard InChI is InChI=1S/C15H16FN3O/c1-9-13(17-15(20)10-4-2-5-10)14(19-18-9)11-6-3-7-12(16)8-11/h3,6-8,10H,2,4-5H2,1H3,(H,17,20)(H,18,19). The number of rotatable bonds is 3. The second-order valence-corrected chi connectivity index (χ2v) is 5.20. The molecule has 3 rings (SSSR count). The lowest BCUT2D eigenvalue weighted by Gasteiger charge is -2.24. The zero-order valence-electron chi connectivity index (χ0n) is 11.2. The van der Waals surface area contributed by atoms with Crippen LogP contribution in [0.4, 0.5) is 10.1 Å². The molecule has 0 aliphatic heterocycles. The SMILES string of the molecule is Cc1[nH]nc(-c2cccc(F)c2)c1NC(=O)C1CCC1. The van der Waals surface area contributed by atoms with E-state index in [4.69, 9.17) is 0 Å². The van der Waals surface area contributed by atoms with Crippen LogP contribution in [0.5, 0.6) is 0 Å². The Hall–Kier alpha value is -2.17. The molecule has 4 nitrogen and oxygen atoms in total. The largest absolute Gasteiger partial charge is 0.322 e. The fourth-order valence-electron chi connectivity index (χ4n) is 2.32. The number of benzene rings is 1. The molecule has 1 saturated carbocycles. The predicted molar refractivity (Wildman–Crippen MR) is 74.7 cm³/mol. The topological polar surface area (TPSA) is 57.8 Å². The maximum absolute atomic E-state index is 13.3. The number of hydrogen-bond acceptors (Lipinski definition) is 2. The molecule has 2 N–H and O–H groups in total. The maximum Gasteiger partial charge on any atom is 0.227 e. The molecule has 0 atom stereocenters. The Kier molecular flexibility index (Phi) is 3.26. The van der Waals surface area contributed by atoms with Crippen LogP contribution < -0.4 is 5.32 Å². The second-order valence-electron chi connectivity index (χ2n) is 5.20. The van der Waals surface area contributed by atoms with Crippen LogP contribution in [0.3, 0.4) is 0 Å². The van der Waals surface area contributed by atoms with Gasteiger partial charge in [-0.1, -0.05) is 18.6 Å². The van der Waals surface area contributed by atoms with Crippen LogP contribution in [-0.4, -0.2) is 16.1 Å². The minimum absolute atomic E-state index is 0.0263. The van der Waals surface area contributed by atoms with Crippen molar-refractivity contribution in [1.29, 1.82) is 0 Å². The van der Waals surface area contributed by atoms with Gasteiger partial charge in [-0.15, -0.1) is 0 Å². The zero-order valence-corrected chi connectivity index (χ0v) is 11.2. The van der Waals surface area contributed by atoms with Gasteiger partial charge in [-0.3, -0.25) is 9.89 Å². The van der Waals surface area contributed by atoms with E-state index in [-0.39, 0.29) is 17.6 Å². The van der Waals surface area contributed by atoms with E-state index in [1.165, 1.54) is 12.1 Å². The first-order chi connectivity index (χ1) is 9.65. The number of H-pyrrole nitrogens is 1. The van der Waals surface area contributed by atoms with E-state index in [0.29, 0.717) is 16.9 Å². The number of anilines is 1. The Bertz CT molecular complexity index is 646. The highest BCUT2D eigenvalue weighted by molar-refractivity contribution is 5.97. The van der Waals surface area contributed by atoms with E-state index in [2.05, 4.69) is 15.5 Å². The van der Waals surface area contributed by atoms with Gasteiger partial charge in [0, 0.05) is 11.5 Å². The Morgan fingerprint density at radius 1 is 1.45 bits per heavy atom. The van der Waals surface area contributed by atoms with Crippen molar-refractivity contribution in [3.63, 3.8) is 0 Å². The van der Waals surface area contributed by atoms with Crippen molar-refractivity contribution in [2.24, 2.45) is 5.92 Å². The summed E-state index contributed by atoms with van der Waals surface area (Å²) in [4.78, 5) is 12.1. The quantitative estimate of drug-likeness (QED) is 0.901. The third-order valence-electron chi connectivity index (χ3n) is 3.77. The molecule has 2 aromatic rings. The minimum Gasteiger partial charge on any atom is -0.322 e. The molecule has 0 saturated heterocycles. The second kappa shape index (κ2) is 5.07. The van der Waals surface area contributed by atoms with Crippen LogP contribution in [-0.2, 0) is 4.79 Å². The van der Waals surface area contributed by atoms with Crippen molar-refractivity contribution in [2.75, 3.05) is 5.32 Å². The molecule has 1 aromatic heterocycles. The van der Waals surface area contributed by atoms with Crippen molar-refractivity contribution < 1.29 is 9.18 Å². The number of hydrogen-bond donors (Lipinski definition) is 2. The number of carbonyl (C=O) groups excluding carboxylic acids is 1. The molecular weight excluding hydrogens is 257 g/mol. The summed E-state index contributed by atoms with van der Waals surface area (Å²) in [5.74, 6) is -0.192. The van der Waals surface area contributed by atoms with Gasteiger partial charge in [0.25, 0.3) is 0 Å². The van der Waals surface area contributed by atoms with Crippen LogP contribution in [0, 0.1) is 18.7 Å². The van der Waals surface area contributed by atoms with Crippen LogP contribution in [0.15, 0.2) is 24.3 Å². The average Bonchev–Trinajstić information content (AvgIpc) is 2.69. The number of carbonyl (C=O) groups is 1. The minimum atomic E-state index is -0.320. The van der Waals surface area contributed by atoms with Crippen molar-refractivity contribution in [1.82, 2.24) is 10.2 Å². The Balaban J connectivity index is 1.90. The van der Waals surface area contributed by atoms with E-state index in [1.54, 1.807) is 12.1 Å². The van der Waals surface area contributed by atoms with Gasteiger partial charge in [-0.25, -0.2) is 4.39 Å². The molecule has 5 heteroatoms. The lowest BCUT2D eigenvalue weighted by Crippen LogP contribution is -2.28. The number of amides is 1. The van der Waals surface area contributed by atoms with E-state index < -0.39 is 0 Å². The van der Waals surface area contributed by atoms with Crippen LogP contribution in [0.1, 0.15) is 25.0 Å². The molecule has 0 spiro atoms. The van der Waals surface area contributed by atoms with E-state index in [9.17, 15) is 9.18 Å². The summed E-state index contributed by atoms with van der Waals surface area (Å²) in [6.07, 6.45) is 3.00. The van der Waals surface area contributed by atoms with Gasteiger partial charge >= 0.3 is 0 Å². The number of halogens is 1. The van der Waals surface area contributed by atoms with Gasteiger partial charge in [-0.2, -0.15) is 5.10 Å². The third-order valence-corrected chi connectivity index (χ3v) is 3.77. The summed E-state index contributed by atoms with van der Waals surface area (Å²) >= 11 is 0. The lowest BCUT2D eigenvalue weighted by molar-refractivity contribution is -0.122. The fourth-order valence-corrected chi connectivity index (χ4v) is 2.32. The van der Waals surface area contributed by atoms with Gasteiger partial charge in [0.2, 0.25) is 5.91 Å². The molecule has 0 unspecified atom stereocenters. The Morgan fingerprint density at radius 2 is 2.25 bits per heavy atom. The molecule has 1 amide bonds. The van der Waals surface area contributed by atoms with Crippen molar-refractivity contribution in [3.8, 4) is 11.3 Å². The summed E-state index contributed by atoms with van der Waals surface area (Å²) in [6, 6.07) is 6.20. The van der Waals surface area contributed by atoms with Crippen molar-refractivity contribution >= 4 is 11.6 Å². The maximum atomic E-state index is 13.3. The number of aromatic amines is 1. The summed E-state index contributed by atoms with van der Waals surface area (Å²) in [6.45, 7) is 1.84. The van der Waals surface area contributed by atoms with Gasteiger partial charge < -0.3 is 5.32 Å². The molecule has 1 heterocycles. The van der Waals surface area contributed by atoms with E-state index >= 15 is 0 Å². The summed E-state index contributed by atoms with van der Waals surface area (Å²) in [7, 11) is 0. The van der Waals surface area contributed by atoms with E-state index in [1.807, 2.05) is 6.92 Å². The highest BCUT2D eigenvalue weighted by atomic mass is 19.1. The third kappa shape index (κ3) is 2.31. The molecular formula is C15H16FN3O. The smallest absolute Gasteiger partial charge is 0.227 e. The van der Waals surface area contributed by atoms with Crippen molar-refractivity contribution in [2.45, 2.75) is 26.2 Å². The zero-order chi connectivity index (χ0) is 14.1. The number of aromatic nitrogens is 2. The van der Waals surface area contributed by atoms with Crippen LogP contribution in [0.2, 0.25) is 0 Å². The first kappa shape index (κ1) is 12.8. The molecule has 1 aliphatic rings. The summed E-state index contributed by atoms with van der Waals surface area (Å²) < 4.78 is 13.3. The van der Waals surface area contributed by atoms with Gasteiger partial charge in [-0.05, 0) is 31.9 Å². The number of aryl methyl sites for hydroxylation is 1. The molecule has 0 bridgehead atoms. The first-order valence-corrected chi connectivity index (χ1v) is 6.77. The normalized spacial score (nSPS) is 14.9. The van der Waals surface area contributed by atoms with Gasteiger partial charge in [0.1, 0.15) is 11.5 Å². The average molecular weight is 273 g/mol. The van der Waals surface area contributed by atoms with Gasteiger partial charge in [0.15, 0.2) is 0 Å². The monoisotopic (exact) mass is 273 g/mol. The van der Waals surface area contributed by atoms with Gasteiger partial charge in [0.05, 0.1) is 11.4 Å². The molecule has 0 radical (unpaired) electrons. The molecule has 1 fully saturated rings. The summed E-state index contributed by atoms with van der Waals surface area (Å²) in [5.41, 5.74) is 2.65. The predicted octanol–water partition coefficient (Wildman–Crippen LogP) is 3.26. The number of nitrogens with one attached hydrogen (secondary N) is 2. The van der Waals surface area contributed by atoms with Crippen LogP contribution in [0.25, 0.3) is 11.3 Å². The summed E-state index contributed by atoms with van der Waals surface area (Å²) in [5, 5.41) is 9.95. The lowest BCUT2D eigenvalue weighted by atomic mass is 9.85. The Morgan fingerprint density at radius 3 is 2.90 bits per heavy atom. The molecule has 104 valence electrons. The molecule has 20 heavy (non-hydrogen) atoms. The highest BCUT2D eigenvalue weighted by Gasteiger charge is 2.26. The van der Waals surface area contributed by atoms with Crippen molar-refractivity contribution in [3.05, 3.63) is 35.8 Å². The molecule has 1 aromatic carbocycles. The molecule has 1 aliphatic carbocycles. The first-order valence-electron chi connectivity index (χ1n) is 6.77. The fraction of sp³-hybridized carbons (Fsp3) is 0.333. The number of nitrogens with zero attached hydrogens (tertiary/aromatic N) is 1. The highest BCUT2D eigenvalue weighted by Crippen LogP contribution is 2.32. The van der Waals surface area contributed by atoms with E-state index in [0.717, 1.165) is 25.0 Å².